The Kier molecular flexibility index (Phi) is 4.85. The van der Waals surface area contributed by atoms with E-state index in [9.17, 15) is 12.8 Å². The standard InChI is InChI=1S/C14H22FN3O2S/c1-17-8-6-11(7-9-17)10-18(2)21(19,20)14-12(15)4-3-5-13(14)16/h3-5,11H,6-10,16H2,1-2H3. The molecule has 0 spiro atoms. The number of piperidine rings is 1. The predicted molar refractivity (Wildman–Crippen MR) is 80.8 cm³/mol. The first-order valence-corrected chi connectivity index (χ1v) is 8.45. The number of nitrogens with two attached hydrogens (primary N) is 1. The molecule has 0 atom stereocenters. The Hall–Kier alpha value is -1.18. The van der Waals surface area contributed by atoms with Gasteiger partial charge in [-0.05, 0) is 51.0 Å². The lowest BCUT2D eigenvalue weighted by atomic mass is 9.97. The van der Waals surface area contributed by atoms with Crippen molar-refractivity contribution in [3.63, 3.8) is 0 Å². The van der Waals surface area contributed by atoms with E-state index >= 15 is 0 Å². The zero-order chi connectivity index (χ0) is 15.6. The van der Waals surface area contributed by atoms with Crippen molar-refractivity contribution in [2.24, 2.45) is 5.92 Å². The van der Waals surface area contributed by atoms with E-state index in [0.29, 0.717) is 12.5 Å². The summed E-state index contributed by atoms with van der Waals surface area (Å²) in [5.74, 6) is -0.501. The van der Waals surface area contributed by atoms with E-state index in [1.54, 1.807) is 0 Å². The number of nitrogen functional groups attached to an aromatic ring is 1. The number of anilines is 1. The maximum Gasteiger partial charge on any atom is 0.247 e. The van der Waals surface area contributed by atoms with Crippen LogP contribution >= 0.6 is 0 Å². The fourth-order valence-electron chi connectivity index (χ4n) is 2.66. The number of rotatable bonds is 4. The smallest absolute Gasteiger partial charge is 0.247 e. The molecule has 0 saturated carbocycles. The van der Waals surface area contributed by atoms with Crippen LogP contribution in [-0.4, -0.2) is 51.4 Å². The lowest BCUT2D eigenvalue weighted by molar-refractivity contribution is 0.202. The Morgan fingerprint density at radius 2 is 2.00 bits per heavy atom. The molecule has 118 valence electrons. The molecule has 1 heterocycles. The van der Waals surface area contributed by atoms with E-state index < -0.39 is 20.7 Å². The van der Waals surface area contributed by atoms with Gasteiger partial charge in [0.25, 0.3) is 0 Å². The average molecular weight is 315 g/mol. The zero-order valence-electron chi connectivity index (χ0n) is 12.4. The monoisotopic (exact) mass is 315 g/mol. The lowest BCUT2D eigenvalue weighted by Gasteiger charge is -2.31. The summed E-state index contributed by atoms with van der Waals surface area (Å²) in [6.07, 6.45) is 1.90. The molecule has 0 aromatic heterocycles. The maximum atomic E-state index is 13.8. The highest BCUT2D eigenvalue weighted by atomic mass is 32.2. The van der Waals surface area contributed by atoms with Gasteiger partial charge in [0.05, 0.1) is 5.69 Å². The van der Waals surface area contributed by atoms with E-state index in [-0.39, 0.29) is 5.69 Å². The van der Waals surface area contributed by atoms with E-state index in [4.69, 9.17) is 5.73 Å². The van der Waals surface area contributed by atoms with Crippen LogP contribution in [-0.2, 0) is 10.0 Å². The van der Waals surface area contributed by atoms with Crippen molar-refractivity contribution < 1.29 is 12.8 Å². The van der Waals surface area contributed by atoms with Gasteiger partial charge in [0.1, 0.15) is 10.7 Å². The minimum absolute atomic E-state index is 0.0507. The summed E-state index contributed by atoms with van der Waals surface area (Å²) >= 11 is 0. The lowest BCUT2D eigenvalue weighted by Crippen LogP contribution is -2.38. The molecule has 1 aliphatic heterocycles. The van der Waals surface area contributed by atoms with Gasteiger partial charge in [-0.25, -0.2) is 17.1 Å². The fourth-order valence-corrected chi connectivity index (χ4v) is 4.06. The summed E-state index contributed by atoms with van der Waals surface area (Å²) in [5, 5.41) is 0. The van der Waals surface area contributed by atoms with E-state index in [2.05, 4.69) is 11.9 Å². The summed E-state index contributed by atoms with van der Waals surface area (Å²) in [6.45, 7) is 2.31. The van der Waals surface area contributed by atoms with Crippen LogP contribution < -0.4 is 5.73 Å². The van der Waals surface area contributed by atoms with E-state index in [1.807, 2.05) is 0 Å². The van der Waals surface area contributed by atoms with Crippen molar-refractivity contribution in [2.75, 3.05) is 39.5 Å². The normalized spacial score (nSPS) is 18.3. The number of benzene rings is 1. The van der Waals surface area contributed by atoms with Crippen LogP contribution in [0, 0.1) is 11.7 Å². The molecule has 7 heteroatoms. The molecule has 0 amide bonds. The highest BCUT2D eigenvalue weighted by Crippen LogP contribution is 2.26. The number of sulfonamides is 1. The highest BCUT2D eigenvalue weighted by molar-refractivity contribution is 7.89. The van der Waals surface area contributed by atoms with Crippen molar-refractivity contribution in [3.8, 4) is 0 Å². The molecular weight excluding hydrogens is 293 g/mol. The largest absolute Gasteiger partial charge is 0.398 e. The highest BCUT2D eigenvalue weighted by Gasteiger charge is 2.29. The topological polar surface area (TPSA) is 66.6 Å². The molecule has 5 nitrogen and oxygen atoms in total. The van der Waals surface area contributed by atoms with Crippen molar-refractivity contribution >= 4 is 15.7 Å². The van der Waals surface area contributed by atoms with Crippen LogP contribution in [0.2, 0.25) is 0 Å². The Bertz CT molecular complexity index is 578. The van der Waals surface area contributed by atoms with Gasteiger partial charge in [0, 0.05) is 13.6 Å². The summed E-state index contributed by atoms with van der Waals surface area (Å²) in [5.41, 5.74) is 5.59. The molecule has 1 fully saturated rings. The number of halogens is 1. The minimum atomic E-state index is -3.89. The number of hydrogen-bond acceptors (Lipinski definition) is 4. The van der Waals surface area contributed by atoms with Crippen LogP contribution in [0.1, 0.15) is 12.8 Å². The third-order valence-electron chi connectivity index (χ3n) is 4.02. The van der Waals surface area contributed by atoms with Crippen molar-refractivity contribution in [1.29, 1.82) is 0 Å². The van der Waals surface area contributed by atoms with Gasteiger partial charge in [-0.15, -0.1) is 0 Å². The van der Waals surface area contributed by atoms with Gasteiger partial charge in [-0.2, -0.15) is 0 Å². The zero-order valence-corrected chi connectivity index (χ0v) is 13.2. The van der Waals surface area contributed by atoms with Crippen LogP contribution in [0.3, 0.4) is 0 Å². The maximum absolute atomic E-state index is 13.8. The quantitative estimate of drug-likeness (QED) is 0.852. The summed E-state index contributed by atoms with van der Waals surface area (Å²) in [4.78, 5) is 1.81. The number of nitrogens with zero attached hydrogens (tertiary/aromatic N) is 2. The van der Waals surface area contributed by atoms with Crippen LogP contribution in [0.15, 0.2) is 23.1 Å². The summed E-state index contributed by atoms with van der Waals surface area (Å²) in [6, 6.07) is 3.92. The van der Waals surface area contributed by atoms with Gasteiger partial charge < -0.3 is 10.6 Å². The van der Waals surface area contributed by atoms with Crippen molar-refractivity contribution in [2.45, 2.75) is 17.7 Å². The first-order valence-electron chi connectivity index (χ1n) is 7.01. The van der Waals surface area contributed by atoms with E-state index in [0.717, 1.165) is 32.0 Å². The molecule has 21 heavy (non-hydrogen) atoms. The molecule has 1 aliphatic rings. The first kappa shape index (κ1) is 16.2. The first-order chi connectivity index (χ1) is 9.82. The molecule has 2 rings (SSSR count). The van der Waals surface area contributed by atoms with Crippen molar-refractivity contribution in [3.05, 3.63) is 24.0 Å². The van der Waals surface area contributed by atoms with Crippen LogP contribution in [0.5, 0.6) is 0 Å². The summed E-state index contributed by atoms with van der Waals surface area (Å²) in [7, 11) is -0.356. The Morgan fingerprint density at radius 1 is 1.38 bits per heavy atom. The molecule has 0 aliphatic carbocycles. The van der Waals surface area contributed by atoms with Crippen LogP contribution in [0.4, 0.5) is 10.1 Å². The summed E-state index contributed by atoms with van der Waals surface area (Å²) < 4.78 is 40.1. The molecular formula is C14H22FN3O2S. The van der Waals surface area contributed by atoms with Gasteiger partial charge in [0.2, 0.25) is 10.0 Å². The second kappa shape index (κ2) is 6.29. The Balaban J connectivity index is 2.16. The molecule has 0 radical (unpaired) electrons. The van der Waals surface area contributed by atoms with Gasteiger partial charge >= 0.3 is 0 Å². The second-order valence-corrected chi connectivity index (χ2v) is 7.67. The molecule has 1 aromatic carbocycles. The van der Waals surface area contributed by atoms with Gasteiger partial charge in [0.15, 0.2) is 0 Å². The average Bonchev–Trinajstić information content (AvgIpc) is 2.40. The van der Waals surface area contributed by atoms with Crippen molar-refractivity contribution in [1.82, 2.24) is 9.21 Å². The Labute approximate surface area is 125 Å². The third kappa shape index (κ3) is 3.53. The second-order valence-electron chi connectivity index (χ2n) is 5.69. The molecule has 1 aromatic rings. The fraction of sp³-hybridized carbons (Fsp3) is 0.571. The molecule has 2 N–H and O–H groups in total. The minimum Gasteiger partial charge on any atom is -0.398 e. The van der Waals surface area contributed by atoms with E-state index in [1.165, 1.54) is 23.5 Å². The number of hydrogen-bond donors (Lipinski definition) is 1. The van der Waals surface area contributed by atoms with Crippen LogP contribution in [0.25, 0.3) is 0 Å². The van der Waals surface area contributed by atoms with Gasteiger partial charge in [-0.1, -0.05) is 6.07 Å². The Morgan fingerprint density at radius 3 is 2.57 bits per heavy atom. The third-order valence-corrected chi connectivity index (χ3v) is 5.94. The molecule has 0 unspecified atom stereocenters. The SMILES string of the molecule is CN1CCC(CN(C)S(=O)(=O)c2c(N)cccc2F)CC1. The molecule has 0 bridgehead atoms. The predicted octanol–water partition coefficient (Wildman–Crippen LogP) is 1.37. The number of likely N-dealkylation sites (tertiary alicyclic amines) is 1. The molecule has 1 saturated heterocycles. The van der Waals surface area contributed by atoms with Gasteiger partial charge in [-0.3, -0.25) is 0 Å².